The molecular weight excluding hydrogens is 343 g/mol. The van der Waals surface area contributed by atoms with Gasteiger partial charge in [-0.25, -0.2) is 9.37 Å². The molecule has 0 unspecified atom stereocenters. The van der Waals surface area contributed by atoms with E-state index in [-0.39, 0.29) is 24.9 Å². The first-order chi connectivity index (χ1) is 13.2. The number of aryl methyl sites for hydroxylation is 1. The Kier molecular flexibility index (Phi) is 6.15. The van der Waals surface area contributed by atoms with Gasteiger partial charge in [0.1, 0.15) is 17.4 Å². The highest BCUT2D eigenvalue weighted by atomic mass is 19.1. The summed E-state index contributed by atoms with van der Waals surface area (Å²) in [4.78, 5) is 18.6. The normalized spacial score (nSPS) is 10.4. The second-order valence-electron chi connectivity index (χ2n) is 6.08. The van der Waals surface area contributed by atoms with Gasteiger partial charge in [0.05, 0.1) is 6.54 Å². The van der Waals surface area contributed by atoms with Crippen molar-refractivity contribution in [3.05, 3.63) is 89.9 Å². The molecule has 0 aliphatic carbocycles. The van der Waals surface area contributed by atoms with Crippen LogP contribution in [-0.4, -0.2) is 17.5 Å². The number of hydrogen-bond donors (Lipinski definition) is 0. The summed E-state index contributed by atoms with van der Waals surface area (Å²) in [6, 6.07) is 19.1. The van der Waals surface area contributed by atoms with E-state index in [0.29, 0.717) is 11.6 Å². The van der Waals surface area contributed by atoms with Gasteiger partial charge in [-0.05, 0) is 53.9 Å². The van der Waals surface area contributed by atoms with E-state index in [1.807, 2.05) is 30.3 Å². The van der Waals surface area contributed by atoms with E-state index in [1.54, 1.807) is 30.5 Å². The van der Waals surface area contributed by atoms with Crippen LogP contribution >= 0.6 is 0 Å². The maximum atomic E-state index is 13.2. The second kappa shape index (κ2) is 8.94. The van der Waals surface area contributed by atoms with Crippen LogP contribution in [-0.2, 0) is 17.8 Å². The Balaban J connectivity index is 1.72. The first-order valence-electron chi connectivity index (χ1n) is 8.83. The number of hydrogen-bond acceptors (Lipinski definition) is 3. The molecule has 0 fully saturated rings. The third-order valence-corrected chi connectivity index (χ3v) is 4.17. The first-order valence-corrected chi connectivity index (χ1v) is 8.83. The minimum absolute atomic E-state index is 0.108. The van der Waals surface area contributed by atoms with Crippen LogP contribution < -0.4 is 9.64 Å². The summed E-state index contributed by atoms with van der Waals surface area (Å²) in [7, 11) is 0. The van der Waals surface area contributed by atoms with Crippen LogP contribution in [0, 0.1) is 5.82 Å². The summed E-state index contributed by atoms with van der Waals surface area (Å²) in [5.74, 6) is 0.631. The lowest BCUT2D eigenvalue weighted by Gasteiger charge is -2.22. The molecule has 5 heteroatoms. The molecule has 0 atom stereocenters. The van der Waals surface area contributed by atoms with E-state index in [9.17, 15) is 9.18 Å². The highest BCUT2D eigenvalue weighted by Crippen LogP contribution is 2.17. The van der Waals surface area contributed by atoms with Crippen LogP contribution in [0.3, 0.4) is 0 Å². The van der Waals surface area contributed by atoms with Gasteiger partial charge < -0.3 is 4.74 Å². The summed E-state index contributed by atoms with van der Waals surface area (Å²) in [5.41, 5.74) is 2.02. The van der Waals surface area contributed by atoms with E-state index in [4.69, 9.17) is 4.74 Å². The molecule has 0 N–H and O–H groups in total. The summed E-state index contributed by atoms with van der Waals surface area (Å²) in [6.07, 6.45) is 2.58. The number of rotatable bonds is 7. The van der Waals surface area contributed by atoms with Gasteiger partial charge in [0.2, 0.25) is 0 Å². The van der Waals surface area contributed by atoms with E-state index in [2.05, 4.69) is 11.9 Å². The van der Waals surface area contributed by atoms with Crippen molar-refractivity contribution in [3.63, 3.8) is 0 Å². The smallest absolute Gasteiger partial charge is 0.266 e. The van der Waals surface area contributed by atoms with Gasteiger partial charge in [-0.3, -0.25) is 9.69 Å². The second-order valence-corrected chi connectivity index (χ2v) is 6.08. The molecule has 27 heavy (non-hydrogen) atoms. The van der Waals surface area contributed by atoms with Crippen LogP contribution in [0.1, 0.15) is 18.1 Å². The van der Waals surface area contributed by atoms with Crippen LogP contribution in [0.2, 0.25) is 0 Å². The largest absolute Gasteiger partial charge is 0.484 e. The Bertz CT molecular complexity index is 865. The number of pyridine rings is 1. The first kappa shape index (κ1) is 18.6. The van der Waals surface area contributed by atoms with Gasteiger partial charge in [-0.1, -0.05) is 37.3 Å². The van der Waals surface area contributed by atoms with E-state index in [1.165, 1.54) is 22.6 Å². The average molecular weight is 364 g/mol. The Labute approximate surface area is 158 Å². The minimum atomic E-state index is -0.312. The standard InChI is InChI=1S/C22H21FN2O2/c1-2-17-8-12-20(13-9-17)27-16-22(26)25(21-5-3-4-14-24-21)15-18-6-10-19(23)11-7-18/h3-14H,2,15-16H2,1H3. The van der Waals surface area contributed by atoms with Gasteiger partial charge in [-0.15, -0.1) is 0 Å². The monoisotopic (exact) mass is 364 g/mol. The Morgan fingerprint density at radius 3 is 2.33 bits per heavy atom. The van der Waals surface area contributed by atoms with Crippen molar-refractivity contribution in [1.29, 1.82) is 0 Å². The molecule has 0 saturated heterocycles. The lowest BCUT2D eigenvalue weighted by molar-refractivity contribution is -0.120. The summed E-state index contributed by atoms with van der Waals surface area (Å²) >= 11 is 0. The molecule has 3 aromatic rings. The number of aromatic nitrogens is 1. The third kappa shape index (κ3) is 5.14. The lowest BCUT2D eigenvalue weighted by Crippen LogP contribution is -2.35. The molecular formula is C22H21FN2O2. The number of carbonyl (C=O) groups is 1. The number of nitrogens with zero attached hydrogens (tertiary/aromatic N) is 2. The summed E-state index contributed by atoms with van der Waals surface area (Å²) in [6.45, 7) is 2.26. The fraction of sp³-hybridized carbons (Fsp3) is 0.182. The van der Waals surface area contributed by atoms with Crippen molar-refractivity contribution in [2.24, 2.45) is 0 Å². The molecule has 0 radical (unpaired) electrons. The topological polar surface area (TPSA) is 42.4 Å². The van der Waals surface area contributed by atoms with Gasteiger partial charge >= 0.3 is 0 Å². The predicted molar refractivity (Wildman–Crippen MR) is 103 cm³/mol. The zero-order valence-corrected chi connectivity index (χ0v) is 15.1. The summed E-state index contributed by atoms with van der Waals surface area (Å²) < 4.78 is 18.8. The van der Waals surface area contributed by atoms with Crippen molar-refractivity contribution < 1.29 is 13.9 Å². The molecule has 0 spiro atoms. The highest BCUT2D eigenvalue weighted by Gasteiger charge is 2.18. The van der Waals surface area contributed by atoms with Gasteiger partial charge in [0.25, 0.3) is 5.91 Å². The minimum Gasteiger partial charge on any atom is -0.484 e. The number of anilines is 1. The average Bonchev–Trinajstić information content (AvgIpc) is 2.72. The zero-order valence-electron chi connectivity index (χ0n) is 15.1. The molecule has 0 bridgehead atoms. The zero-order chi connectivity index (χ0) is 19.1. The quantitative estimate of drug-likeness (QED) is 0.624. The SMILES string of the molecule is CCc1ccc(OCC(=O)N(Cc2ccc(F)cc2)c2ccccn2)cc1. The third-order valence-electron chi connectivity index (χ3n) is 4.17. The molecule has 2 aromatic carbocycles. The van der Waals surface area contributed by atoms with Crippen molar-refractivity contribution in [1.82, 2.24) is 4.98 Å². The fourth-order valence-electron chi connectivity index (χ4n) is 2.63. The predicted octanol–water partition coefficient (Wildman–Crippen LogP) is 4.40. The Morgan fingerprint density at radius 2 is 1.70 bits per heavy atom. The van der Waals surface area contributed by atoms with E-state index in [0.717, 1.165) is 12.0 Å². The van der Waals surface area contributed by atoms with Gasteiger partial charge in [0, 0.05) is 6.20 Å². The lowest BCUT2D eigenvalue weighted by atomic mass is 10.2. The molecule has 1 aromatic heterocycles. The Morgan fingerprint density at radius 1 is 1.00 bits per heavy atom. The molecule has 138 valence electrons. The number of carbonyl (C=O) groups excluding carboxylic acids is 1. The molecule has 3 rings (SSSR count). The van der Waals surface area contributed by atoms with Crippen molar-refractivity contribution >= 4 is 11.7 Å². The number of ether oxygens (including phenoxy) is 1. The maximum Gasteiger partial charge on any atom is 0.266 e. The molecule has 4 nitrogen and oxygen atoms in total. The van der Waals surface area contributed by atoms with Crippen molar-refractivity contribution in [3.8, 4) is 5.75 Å². The van der Waals surface area contributed by atoms with E-state index >= 15 is 0 Å². The van der Waals surface area contributed by atoms with Crippen molar-refractivity contribution in [2.45, 2.75) is 19.9 Å². The van der Waals surface area contributed by atoms with Crippen LogP contribution in [0.15, 0.2) is 72.9 Å². The van der Waals surface area contributed by atoms with Crippen LogP contribution in [0.4, 0.5) is 10.2 Å². The molecule has 0 aliphatic rings. The fourth-order valence-corrected chi connectivity index (χ4v) is 2.63. The van der Waals surface area contributed by atoms with E-state index < -0.39 is 0 Å². The Hall–Kier alpha value is -3.21. The van der Waals surface area contributed by atoms with Crippen LogP contribution in [0.25, 0.3) is 0 Å². The van der Waals surface area contributed by atoms with Gasteiger partial charge in [-0.2, -0.15) is 0 Å². The molecule has 0 aliphatic heterocycles. The molecule has 1 amide bonds. The summed E-state index contributed by atoms with van der Waals surface area (Å²) in [5, 5.41) is 0. The van der Waals surface area contributed by atoms with Gasteiger partial charge in [0.15, 0.2) is 6.61 Å². The number of benzene rings is 2. The molecule has 1 heterocycles. The maximum absolute atomic E-state index is 13.2. The highest BCUT2D eigenvalue weighted by molar-refractivity contribution is 5.93. The number of amides is 1. The molecule has 0 saturated carbocycles. The number of halogens is 1. The van der Waals surface area contributed by atoms with Crippen molar-refractivity contribution in [2.75, 3.05) is 11.5 Å². The van der Waals surface area contributed by atoms with Crippen LogP contribution in [0.5, 0.6) is 5.75 Å².